The number of ketones is 1. The highest BCUT2D eigenvalue weighted by Crippen LogP contribution is 2.23. The summed E-state index contributed by atoms with van der Waals surface area (Å²) in [6.07, 6.45) is 0.797. The zero-order chi connectivity index (χ0) is 12.7. The molecule has 1 aliphatic heterocycles. The normalized spacial score (nSPS) is 19.6. The summed E-state index contributed by atoms with van der Waals surface area (Å²) < 4.78 is 8.12. The summed E-state index contributed by atoms with van der Waals surface area (Å²) in [6.45, 7) is 1.19. The van der Waals surface area contributed by atoms with Crippen molar-refractivity contribution in [3.05, 3.63) is 28.5 Å². The Morgan fingerprint density at radius 1 is 1.56 bits per heavy atom. The molecule has 1 aromatic carbocycles. The predicted molar refractivity (Wildman–Crippen MR) is 71.7 cm³/mol. The van der Waals surface area contributed by atoms with Gasteiger partial charge in [-0.2, -0.15) is 0 Å². The van der Waals surface area contributed by atoms with Gasteiger partial charge in [0, 0.05) is 18.1 Å². The van der Waals surface area contributed by atoms with Crippen LogP contribution in [0.2, 0.25) is 0 Å². The van der Waals surface area contributed by atoms with Crippen molar-refractivity contribution in [1.82, 2.24) is 9.55 Å². The van der Waals surface area contributed by atoms with E-state index in [9.17, 15) is 4.79 Å². The van der Waals surface area contributed by atoms with Gasteiger partial charge in [-0.3, -0.25) is 4.79 Å². The summed E-state index contributed by atoms with van der Waals surface area (Å²) in [5, 5.41) is 0. The van der Waals surface area contributed by atoms with Crippen LogP contribution in [0.1, 0.15) is 17.0 Å². The van der Waals surface area contributed by atoms with Crippen molar-refractivity contribution in [1.29, 1.82) is 0 Å². The number of ether oxygens (including phenoxy) is 1. The summed E-state index contributed by atoms with van der Waals surface area (Å²) >= 11 is 3.43. The van der Waals surface area contributed by atoms with Crippen LogP contribution in [0.5, 0.6) is 0 Å². The van der Waals surface area contributed by atoms with Crippen molar-refractivity contribution >= 4 is 32.7 Å². The van der Waals surface area contributed by atoms with E-state index in [1.54, 1.807) is 0 Å². The van der Waals surface area contributed by atoms with E-state index in [0.29, 0.717) is 19.0 Å². The van der Waals surface area contributed by atoms with Crippen LogP contribution in [0, 0.1) is 5.92 Å². The van der Waals surface area contributed by atoms with Crippen molar-refractivity contribution < 1.29 is 9.53 Å². The first kappa shape index (κ1) is 11.9. The van der Waals surface area contributed by atoms with Crippen molar-refractivity contribution in [2.45, 2.75) is 6.42 Å². The second-order valence-corrected chi connectivity index (χ2v) is 5.47. The van der Waals surface area contributed by atoms with Crippen LogP contribution in [0.25, 0.3) is 11.0 Å². The maximum atomic E-state index is 12.3. The molecule has 2 heterocycles. The minimum absolute atomic E-state index is 0.0380. The highest BCUT2D eigenvalue weighted by molar-refractivity contribution is 9.10. The molecule has 5 heteroatoms. The summed E-state index contributed by atoms with van der Waals surface area (Å²) in [6, 6.07) is 5.83. The number of Topliss-reactive ketones (excluding diaryl/α,β-unsaturated/α-hetero) is 1. The van der Waals surface area contributed by atoms with Gasteiger partial charge in [-0.15, -0.1) is 0 Å². The molecule has 0 bridgehead atoms. The monoisotopic (exact) mass is 308 g/mol. The Morgan fingerprint density at radius 3 is 3.11 bits per heavy atom. The lowest BCUT2D eigenvalue weighted by molar-refractivity contribution is 0.0887. The number of halogens is 1. The number of fused-ring (bicyclic) bond motifs is 1. The van der Waals surface area contributed by atoms with Gasteiger partial charge in [0.15, 0.2) is 5.82 Å². The molecule has 0 aliphatic carbocycles. The number of hydrogen-bond donors (Lipinski definition) is 0. The van der Waals surface area contributed by atoms with Gasteiger partial charge in [-0.25, -0.2) is 4.98 Å². The Kier molecular flexibility index (Phi) is 2.95. The van der Waals surface area contributed by atoms with Crippen molar-refractivity contribution in [2.24, 2.45) is 13.0 Å². The van der Waals surface area contributed by atoms with E-state index in [1.165, 1.54) is 0 Å². The first-order chi connectivity index (χ1) is 8.66. The highest BCUT2D eigenvalue weighted by atomic mass is 79.9. The average molecular weight is 309 g/mol. The first-order valence-corrected chi connectivity index (χ1v) is 6.70. The van der Waals surface area contributed by atoms with Gasteiger partial charge < -0.3 is 9.30 Å². The van der Waals surface area contributed by atoms with Crippen LogP contribution in [0.4, 0.5) is 0 Å². The molecule has 4 nitrogen and oxygen atoms in total. The molecule has 1 aromatic heterocycles. The Hall–Kier alpha value is -1.20. The molecule has 3 rings (SSSR count). The number of imidazole rings is 1. The molecule has 1 fully saturated rings. The molecule has 1 saturated heterocycles. The van der Waals surface area contributed by atoms with Gasteiger partial charge in [0.25, 0.3) is 0 Å². The van der Waals surface area contributed by atoms with Gasteiger partial charge >= 0.3 is 0 Å². The van der Waals surface area contributed by atoms with Gasteiger partial charge in [0.1, 0.15) is 0 Å². The molecule has 0 amide bonds. The Labute approximate surface area is 113 Å². The standard InChI is InChI=1S/C13H13BrN2O2/c1-16-11-6-9(14)2-3-10(11)15-13(16)12(17)8-4-5-18-7-8/h2-3,6,8H,4-5,7H2,1H3. The van der Waals surface area contributed by atoms with Crippen LogP contribution in [-0.4, -0.2) is 28.5 Å². The number of carbonyl (C=O) groups is 1. The lowest BCUT2D eigenvalue weighted by atomic mass is 10.0. The molecule has 1 atom stereocenters. The van der Waals surface area contributed by atoms with E-state index >= 15 is 0 Å². The molecule has 1 aliphatic rings. The van der Waals surface area contributed by atoms with Crippen molar-refractivity contribution in [3.63, 3.8) is 0 Å². The number of aromatic nitrogens is 2. The summed E-state index contributed by atoms with van der Waals surface area (Å²) in [5.74, 6) is 0.574. The number of hydrogen-bond acceptors (Lipinski definition) is 3. The van der Waals surface area contributed by atoms with E-state index in [-0.39, 0.29) is 11.7 Å². The average Bonchev–Trinajstić information content (AvgIpc) is 2.98. The Balaban J connectivity index is 2.06. The second-order valence-electron chi connectivity index (χ2n) is 4.55. The molecule has 0 spiro atoms. The molecule has 0 radical (unpaired) electrons. The number of aryl methyl sites for hydroxylation is 1. The number of carbonyl (C=O) groups excluding carboxylic acids is 1. The molecular weight excluding hydrogens is 296 g/mol. The fourth-order valence-electron chi connectivity index (χ4n) is 2.31. The molecular formula is C13H13BrN2O2. The van der Waals surface area contributed by atoms with Crippen molar-refractivity contribution in [3.8, 4) is 0 Å². The predicted octanol–water partition coefficient (Wildman–Crippen LogP) is 2.56. The third-order valence-corrected chi connectivity index (χ3v) is 3.86. The van der Waals surface area contributed by atoms with Crippen LogP contribution in [0.3, 0.4) is 0 Å². The van der Waals surface area contributed by atoms with Crippen molar-refractivity contribution in [2.75, 3.05) is 13.2 Å². The second kappa shape index (κ2) is 4.48. The highest BCUT2D eigenvalue weighted by Gasteiger charge is 2.28. The van der Waals surface area contributed by atoms with Gasteiger partial charge in [0.2, 0.25) is 5.78 Å². The lowest BCUT2D eigenvalue weighted by Crippen LogP contribution is -2.18. The maximum Gasteiger partial charge on any atom is 0.203 e. The van der Waals surface area contributed by atoms with Crippen LogP contribution in [0.15, 0.2) is 22.7 Å². The molecule has 0 N–H and O–H groups in total. The van der Waals surface area contributed by atoms with E-state index in [0.717, 1.165) is 21.9 Å². The number of nitrogens with zero attached hydrogens (tertiary/aromatic N) is 2. The minimum Gasteiger partial charge on any atom is -0.381 e. The topological polar surface area (TPSA) is 44.1 Å². The van der Waals surface area contributed by atoms with Gasteiger partial charge in [0.05, 0.1) is 23.6 Å². The largest absolute Gasteiger partial charge is 0.381 e. The third-order valence-electron chi connectivity index (χ3n) is 3.36. The van der Waals surface area contributed by atoms with Gasteiger partial charge in [-0.05, 0) is 24.6 Å². The first-order valence-electron chi connectivity index (χ1n) is 5.91. The van der Waals surface area contributed by atoms with Crippen LogP contribution < -0.4 is 0 Å². The molecule has 0 saturated carbocycles. The Morgan fingerprint density at radius 2 is 2.39 bits per heavy atom. The van der Waals surface area contributed by atoms with E-state index in [2.05, 4.69) is 20.9 Å². The lowest BCUT2D eigenvalue weighted by Gasteiger charge is -2.06. The van der Waals surface area contributed by atoms with E-state index in [4.69, 9.17) is 4.74 Å². The zero-order valence-electron chi connectivity index (χ0n) is 10.0. The third kappa shape index (κ3) is 1.87. The maximum absolute atomic E-state index is 12.3. The SMILES string of the molecule is Cn1c(C(=O)C2CCOC2)nc2ccc(Br)cc21. The minimum atomic E-state index is -0.0380. The Bertz CT molecular complexity index is 615. The summed E-state index contributed by atoms with van der Waals surface area (Å²) in [5.41, 5.74) is 1.81. The quantitative estimate of drug-likeness (QED) is 0.801. The summed E-state index contributed by atoms with van der Waals surface area (Å²) in [7, 11) is 1.88. The van der Waals surface area contributed by atoms with Crippen LogP contribution >= 0.6 is 15.9 Å². The smallest absolute Gasteiger partial charge is 0.203 e. The summed E-state index contributed by atoms with van der Waals surface area (Å²) in [4.78, 5) is 16.8. The number of benzene rings is 1. The molecule has 2 aromatic rings. The molecule has 18 heavy (non-hydrogen) atoms. The zero-order valence-corrected chi connectivity index (χ0v) is 11.6. The fourth-order valence-corrected chi connectivity index (χ4v) is 2.66. The van der Waals surface area contributed by atoms with E-state index in [1.807, 2.05) is 29.8 Å². The van der Waals surface area contributed by atoms with Gasteiger partial charge in [-0.1, -0.05) is 15.9 Å². The van der Waals surface area contributed by atoms with E-state index < -0.39 is 0 Å². The van der Waals surface area contributed by atoms with Crippen LogP contribution in [-0.2, 0) is 11.8 Å². The molecule has 94 valence electrons. The fraction of sp³-hybridized carbons (Fsp3) is 0.385. The molecule has 1 unspecified atom stereocenters. The number of rotatable bonds is 2.